The summed E-state index contributed by atoms with van der Waals surface area (Å²) in [5.74, 6) is -1.89. The quantitative estimate of drug-likeness (QED) is 0.571. The molecule has 2 aromatic carbocycles. The molecular formula is C23H21ClN2O3S. The Morgan fingerprint density at radius 2 is 1.90 bits per heavy atom. The van der Waals surface area contributed by atoms with Crippen LogP contribution in [0, 0.1) is 5.92 Å². The van der Waals surface area contributed by atoms with Gasteiger partial charge in [-0.15, -0.1) is 11.3 Å². The molecule has 1 N–H and O–H groups in total. The largest absolute Gasteiger partial charge is 0.481 e. The van der Waals surface area contributed by atoms with Crippen LogP contribution in [0.25, 0.3) is 11.3 Å². The second-order valence-corrected chi connectivity index (χ2v) is 8.59. The van der Waals surface area contributed by atoms with Gasteiger partial charge in [0, 0.05) is 22.5 Å². The Morgan fingerprint density at radius 1 is 1.17 bits per heavy atom. The number of rotatable bonds is 5. The van der Waals surface area contributed by atoms with Crippen molar-refractivity contribution in [3.8, 4) is 11.3 Å². The molecule has 30 heavy (non-hydrogen) atoms. The Bertz CT molecular complexity index is 1050. The number of carbonyl (C=O) groups is 2. The molecule has 0 aliphatic carbocycles. The first-order valence-corrected chi connectivity index (χ1v) is 11.1. The van der Waals surface area contributed by atoms with Crippen molar-refractivity contribution in [2.75, 3.05) is 11.4 Å². The average Bonchev–Trinajstić information content (AvgIpc) is 3.16. The average molecular weight is 441 g/mol. The molecule has 3 aromatic rings. The van der Waals surface area contributed by atoms with E-state index in [1.165, 1.54) is 11.3 Å². The molecule has 1 aromatic heterocycles. The molecule has 0 radical (unpaired) electrons. The van der Waals surface area contributed by atoms with E-state index < -0.39 is 11.9 Å². The van der Waals surface area contributed by atoms with Crippen LogP contribution in [0.15, 0.2) is 60.0 Å². The number of carbonyl (C=O) groups excluding carboxylic acids is 1. The van der Waals surface area contributed by atoms with E-state index in [9.17, 15) is 14.7 Å². The summed E-state index contributed by atoms with van der Waals surface area (Å²) >= 11 is 7.67. The van der Waals surface area contributed by atoms with Gasteiger partial charge in [0.2, 0.25) is 5.91 Å². The van der Waals surface area contributed by atoms with Gasteiger partial charge in [-0.1, -0.05) is 60.1 Å². The fourth-order valence-electron chi connectivity index (χ4n) is 4.04. The van der Waals surface area contributed by atoms with E-state index in [2.05, 4.69) is 4.98 Å². The first-order chi connectivity index (χ1) is 14.5. The van der Waals surface area contributed by atoms with Gasteiger partial charge >= 0.3 is 5.97 Å². The second-order valence-electron chi connectivity index (χ2n) is 7.35. The van der Waals surface area contributed by atoms with Crippen molar-refractivity contribution in [3.63, 3.8) is 0 Å². The monoisotopic (exact) mass is 440 g/mol. The molecule has 0 bridgehead atoms. The fraction of sp³-hybridized carbons (Fsp3) is 0.261. The zero-order valence-corrected chi connectivity index (χ0v) is 17.8. The zero-order chi connectivity index (χ0) is 21.1. The normalized spacial score (nSPS) is 19.5. The van der Waals surface area contributed by atoms with Crippen LogP contribution in [0.1, 0.15) is 30.7 Å². The summed E-state index contributed by atoms with van der Waals surface area (Å²) in [6.07, 6.45) is 1.34. The van der Waals surface area contributed by atoms with Crippen LogP contribution in [-0.2, 0) is 9.59 Å². The summed E-state index contributed by atoms with van der Waals surface area (Å²) in [6, 6.07) is 17.2. The summed E-state index contributed by atoms with van der Waals surface area (Å²) in [5.41, 5.74) is 2.54. The summed E-state index contributed by atoms with van der Waals surface area (Å²) < 4.78 is 0. The number of aliphatic carboxylic acids is 1. The molecule has 1 fully saturated rings. The van der Waals surface area contributed by atoms with Gasteiger partial charge in [-0.2, -0.15) is 0 Å². The number of anilines is 1. The van der Waals surface area contributed by atoms with Crippen LogP contribution in [0.5, 0.6) is 0 Å². The molecule has 1 saturated heterocycles. The third kappa shape index (κ3) is 4.25. The van der Waals surface area contributed by atoms with Gasteiger partial charge in [0.15, 0.2) is 5.13 Å². The lowest BCUT2D eigenvalue weighted by Gasteiger charge is -2.26. The lowest BCUT2D eigenvalue weighted by atomic mass is 9.81. The van der Waals surface area contributed by atoms with Crippen molar-refractivity contribution < 1.29 is 14.7 Å². The summed E-state index contributed by atoms with van der Waals surface area (Å²) in [4.78, 5) is 31.4. The predicted molar refractivity (Wildman–Crippen MR) is 119 cm³/mol. The summed E-state index contributed by atoms with van der Waals surface area (Å²) in [7, 11) is 0. The number of hydrogen-bond donors (Lipinski definition) is 1. The van der Waals surface area contributed by atoms with Gasteiger partial charge in [0.25, 0.3) is 0 Å². The number of nitrogens with zero attached hydrogens (tertiary/aromatic N) is 2. The van der Waals surface area contributed by atoms with Crippen molar-refractivity contribution in [1.29, 1.82) is 0 Å². The Balaban J connectivity index is 1.66. The third-order valence-electron chi connectivity index (χ3n) is 5.46. The van der Waals surface area contributed by atoms with Gasteiger partial charge in [-0.3, -0.25) is 14.5 Å². The zero-order valence-electron chi connectivity index (χ0n) is 16.2. The van der Waals surface area contributed by atoms with Crippen LogP contribution in [0.2, 0.25) is 5.02 Å². The maximum atomic E-state index is 13.5. The van der Waals surface area contributed by atoms with Gasteiger partial charge in [0.05, 0.1) is 18.0 Å². The Hall–Kier alpha value is -2.70. The number of carboxylic acids is 1. The summed E-state index contributed by atoms with van der Waals surface area (Å²) in [5, 5.41) is 12.6. The van der Waals surface area contributed by atoms with E-state index >= 15 is 0 Å². The maximum Gasteiger partial charge on any atom is 0.304 e. The van der Waals surface area contributed by atoms with Gasteiger partial charge in [-0.25, -0.2) is 4.98 Å². The molecule has 7 heteroatoms. The van der Waals surface area contributed by atoms with E-state index in [0.717, 1.165) is 24.0 Å². The number of amides is 1. The fourth-order valence-corrected chi connectivity index (χ4v) is 5.13. The topological polar surface area (TPSA) is 70.5 Å². The molecule has 0 spiro atoms. The van der Waals surface area contributed by atoms with E-state index in [4.69, 9.17) is 11.6 Å². The minimum atomic E-state index is -0.966. The van der Waals surface area contributed by atoms with Crippen molar-refractivity contribution in [2.45, 2.75) is 25.2 Å². The van der Waals surface area contributed by atoms with Crippen LogP contribution in [0.3, 0.4) is 0 Å². The molecule has 1 aliphatic heterocycles. The van der Waals surface area contributed by atoms with E-state index in [1.54, 1.807) is 11.0 Å². The molecule has 0 saturated carbocycles. The molecule has 1 aliphatic rings. The SMILES string of the molecule is O=C(O)C[C@@H]1C(=O)N(c2nc(-c3ccccc3Cl)cs2)CCC[C@@H]1c1ccccc1. The van der Waals surface area contributed by atoms with Gasteiger partial charge in [-0.05, 0) is 30.4 Å². The molecule has 4 rings (SSSR count). The number of halogens is 1. The molecular weight excluding hydrogens is 420 g/mol. The van der Waals surface area contributed by atoms with Crippen molar-refractivity contribution in [1.82, 2.24) is 4.98 Å². The first-order valence-electron chi connectivity index (χ1n) is 9.83. The van der Waals surface area contributed by atoms with Crippen LogP contribution in [0.4, 0.5) is 5.13 Å². The smallest absolute Gasteiger partial charge is 0.304 e. The molecule has 0 unspecified atom stereocenters. The highest BCUT2D eigenvalue weighted by atomic mass is 35.5. The Morgan fingerprint density at radius 3 is 2.63 bits per heavy atom. The summed E-state index contributed by atoms with van der Waals surface area (Å²) in [6.45, 7) is 0.522. The lowest BCUT2D eigenvalue weighted by molar-refractivity contribution is -0.141. The predicted octanol–water partition coefficient (Wildman–Crippen LogP) is 5.47. The van der Waals surface area contributed by atoms with Crippen molar-refractivity contribution in [3.05, 3.63) is 70.6 Å². The highest BCUT2D eigenvalue weighted by Gasteiger charge is 2.38. The lowest BCUT2D eigenvalue weighted by Crippen LogP contribution is -2.37. The van der Waals surface area contributed by atoms with E-state index in [1.807, 2.05) is 53.9 Å². The van der Waals surface area contributed by atoms with Gasteiger partial charge in [0.1, 0.15) is 0 Å². The minimum absolute atomic E-state index is 0.122. The Labute approximate surface area is 183 Å². The number of hydrogen-bond acceptors (Lipinski definition) is 4. The molecule has 2 heterocycles. The molecule has 1 amide bonds. The number of carboxylic acid groups (broad SMARTS) is 1. The van der Waals surface area contributed by atoms with Gasteiger partial charge < -0.3 is 5.11 Å². The third-order valence-corrected chi connectivity index (χ3v) is 6.65. The maximum absolute atomic E-state index is 13.5. The Kier molecular flexibility index (Phi) is 6.16. The number of aromatic nitrogens is 1. The highest BCUT2D eigenvalue weighted by molar-refractivity contribution is 7.14. The van der Waals surface area contributed by atoms with Crippen LogP contribution >= 0.6 is 22.9 Å². The highest BCUT2D eigenvalue weighted by Crippen LogP contribution is 2.39. The molecule has 154 valence electrons. The molecule has 2 atom stereocenters. The molecule has 5 nitrogen and oxygen atoms in total. The van der Waals surface area contributed by atoms with E-state index in [-0.39, 0.29) is 18.2 Å². The van der Waals surface area contributed by atoms with Crippen LogP contribution in [-0.4, -0.2) is 28.5 Å². The second kappa shape index (κ2) is 8.98. The van der Waals surface area contributed by atoms with E-state index in [0.29, 0.717) is 22.4 Å². The van der Waals surface area contributed by atoms with Crippen molar-refractivity contribution in [2.24, 2.45) is 5.92 Å². The van der Waals surface area contributed by atoms with Crippen LogP contribution < -0.4 is 4.90 Å². The number of benzene rings is 2. The first kappa shape index (κ1) is 20.6. The van der Waals surface area contributed by atoms with Crippen molar-refractivity contribution >= 4 is 39.9 Å². The number of thiazole rings is 1. The minimum Gasteiger partial charge on any atom is -0.481 e. The standard InChI is InChI=1S/C23H21ClN2O3S/c24-19-11-5-4-9-17(19)20-14-30-23(25-20)26-12-6-10-16(15-7-2-1-3-8-15)18(22(26)29)13-21(27)28/h1-5,7-9,11,14,16,18H,6,10,12-13H2,(H,27,28)/t16-,18+/m1/s1.